The molecule has 0 bridgehead atoms. The summed E-state index contributed by atoms with van der Waals surface area (Å²) in [6, 6.07) is 5.40. The number of nitrogens with one attached hydrogen (secondary N) is 1. The van der Waals surface area contributed by atoms with Gasteiger partial charge in [-0.25, -0.2) is 10.2 Å². The summed E-state index contributed by atoms with van der Waals surface area (Å²) >= 11 is 0. The fraction of sp³-hybridized carbons (Fsp3) is 0.0909. The van der Waals surface area contributed by atoms with Gasteiger partial charge in [0.15, 0.2) is 0 Å². The van der Waals surface area contributed by atoms with E-state index < -0.39 is 11.0 Å². The van der Waals surface area contributed by atoms with Crippen molar-refractivity contribution in [2.75, 3.05) is 0 Å². The van der Waals surface area contributed by atoms with Gasteiger partial charge in [-0.2, -0.15) is 5.10 Å². The van der Waals surface area contributed by atoms with Crippen LogP contribution < -0.4 is 11.2 Å². The number of non-ortho nitro benzene ring substituents is 1. The minimum atomic E-state index is -0.752. The number of urea groups is 1. The first kappa shape index (κ1) is 13.4. The molecule has 0 saturated carbocycles. The molecule has 94 valence electrons. The van der Waals surface area contributed by atoms with Crippen molar-refractivity contribution in [2.24, 2.45) is 10.8 Å². The van der Waals surface area contributed by atoms with E-state index in [1.165, 1.54) is 12.1 Å². The van der Waals surface area contributed by atoms with Gasteiger partial charge in [0, 0.05) is 12.1 Å². The van der Waals surface area contributed by atoms with E-state index in [-0.39, 0.29) is 5.69 Å². The molecule has 0 heterocycles. The Morgan fingerprint density at radius 1 is 1.56 bits per heavy atom. The van der Waals surface area contributed by atoms with Crippen LogP contribution in [-0.4, -0.2) is 16.7 Å². The Morgan fingerprint density at radius 2 is 2.28 bits per heavy atom. The average Bonchev–Trinajstić information content (AvgIpc) is 2.34. The molecule has 2 amide bonds. The van der Waals surface area contributed by atoms with Crippen molar-refractivity contribution in [3.8, 4) is 0 Å². The van der Waals surface area contributed by atoms with Crippen molar-refractivity contribution < 1.29 is 9.72 Å². The van der Waals surface area contributed by atoms with Gasteiger partial charge < -0.3 is 5.73 Å². The Hall–Kier alpha value is -2.70. The number of nitro groups is 1. The zero-order valence-corrected chi connectivity index (χ0v) is 9.66. The molecule has 7 heteroatoms. The topological polar surface area (TPSA) is 111 Å². The molecule has 0 fully saturated rings. The zero-order valence-electron chi connectivity index (χ0n) is 9.66. The van der Waals surface area contributed by atoms with E-state index >= 15 is 0 Å². The molecule has 18 heavy (non-hydrogen) atoms. The monoisotopic (exact) mass is 248 g/mol. The van der Waals surface area contributed by atoms with Crippen LogP contribution in [0.4, 0.5) is 10.5 Å². The molecule has 0 aromatic heterocycles. The highest BCUT2D eigenvalue weighted by Gasteiger charge is 2.03. The fourth-order valence-electron chi connectivity index (χ4n) is 1.14. The van der Waals surface area contributed by atoms with Crippen molar-refractivity contribution in [3.05, 3.63) is 46.0 Å². The molecule has 0 unspecified atom stereocenters. The minimum absolute atomic E-state index is 0.0157. The average molecular weight is 248 g/mol. The summed E-state index contributed by atoms with van der Waals surface area (Å²) in [5, 5.41) is 14.2. The van der Waals surface area contributed by atoms with E-state index in [0.717, 1.165) is 0 Å². The van der Waals surface area contributed by atoms with E-state index in [9.17, 15) is 14.9 Å². The molecule has 0 radical (unpaired) electrons. The lowest BCUT2D eigenvalue weighted by atomic mass is 10.2. The molecule has 1 aromatic carbocycles. The Labute approximate surface area is 103 Å². The smallest absolute Gasteiger partial charge is 0.332 e. The quantitative estimate of drug-likeness (QED) is 0.480. The van der Waals surface area contributed by atoms with E-state index in [2.05, 4.69) is 10.5 Å². The lowest BCUT2D eigenvalue weighted by Crippen LogP contribution is -2.25. The van der Waals surface area contributed by atoms with Crippen molar-refractivity contribution in [2.45, 2.75) is 6.92 Å². The number of benzene rings is 1. The molecule has 0 aliphatic carbocycles. The van der Waals surface area contributed by atoms with Gasteiger partial charge in [-0.05, 0) is 18.6 Å². The van der Waals surface area contributed by atoms with Crippen LogP contribution in [0.15, 0.2) is 35.4 Å². The standard InChI is InChI=1S/C11H12N4O3/c1-8(13-14-11(12)16)5-6-9-3-2-4-10(7-9)15(17)18/h2-7H,1H3,(H3,12,14,16)/b6-5+,13-8+. The summed E-state index contributed by atoms with van der Waals surface area (Å²) in [7, 11) is 0. The van der Waals surface area contributed by atoms with E-state index in [4.69, 9.17) is 5.73 Å². The van der Waals surface area contributed by atoms with Crippen LogP contribution >= 0.6 is 0 Å². The Kier molecular flexibility index (Phi) is 4.56. The number of rotatable bonds is 4. The largest absolute Gasteiger partial charge is 0.350 e. The maximum absolute atomic E-state index is 10.6. The van der Waals surface area contributed by atoms with Crippen LogP contribution in [0.1, 0.15) is 12.5 Å². The normalized spacial score (nSPS) is 11.5. The molecule has 0 aliphatic heterocycles. The SMILES string of the molecule is CC(/C=C/c1cccc([N+](=O)[O-])c1)=N\NC(N)=O. The zero-order chi connectivity index (χ0) is 13.5. The highest BCUT2D eigenvalue weighted by atomic mass is 16.6. The number of hydrogen-bond donors (Lipinski definition) is 2. The van der Waals surface area contributed by atoms with E-state index in [1.54, 1.807) is 31.2 Å². The predicted molar refractivity (Wildman–Crippen MR) is 68.0 cm³/mol. The van der Waals surface area contributed by atoms with Crippen molar-refractivity contribution in [3.63, 3.8) is 0 Å². The summed E-state index contributed by atoms with van der Waals surface area (Å²) in [6.45, 7) is 1.66. The highest BCUT2D eigenvalue weighted by Crippen LogP contribution is 2.14. The molecule has 3 N–H and O–H groups in total. The number of nitro benzene ring substituents is 1. The number of carbonyl (C=O) groups excluding carboxylic acids is 1. The van der Waals surface area contributed by atoms with Crippen LogP contribution in [0.25, 0.3) is 6.08 Å². The van der Waals surface area contributed by atoms with Gasteiger partial charge >= 0.3 is 6.03 Å². The molecule has 0 aliphatic rings. The number of nitrogens with zero attached hydrogens (tertiary/aromatic N) is 2. The van der Waals surface area contributed by atoms with Gasteiger partial charge in [0.05, 0.1) is 10.6 Å². The van der Waals surface area contributed by atoms with Crippen LogP contribution in [0.2, 0.25) is 0 Å². The second-order valence-electron chi connectivity index (χ2n) is 3.41. The summed E-state index contributed by atoms with van der Waals surface area (Å²) in [5.74, 6) is 0. The molecule has 7 nitrogen and oxygen atoms in total. The maximum Gasteiger partial charge on any atom is 0.332 e. The molecule has 1 rings (SSSR count). The van der Waals surface area contributed by atoms with Crippen LogP contribution in [0.3, 0.4) is 0 Å². The van der Waals surface area contributed by atoms with Gasteiger partial charge in [0.2, 0.25) is 0 Å². The lowest BCUT2D eigenvalue weighted by Gasteiger charge is -1.95. The van der Waals surface area contributed by atoms with Crippen LogP contribution in [0, 0.1) is 10.1 Å². The number of amides is 2. The number of hydrogen-bond acceptors (Lipinski definition) is 4. The van der Waals surface area contributed by atoms with Crippen molar-refractivity contribution >= 4 is 23.5 Å². The van der Waals surface area contributed by atoms with Crippen LogP contribution in [0.5, 0.6) is 0 Å². The van der Waals surface area contributed by atoms with Gasteiger partial charge in [0.1, 0.15) is 0 Å². The Morgan fingerprint density at radius 3 is 2.89 bits per heavy atom. The lowest BCUT2D eigenvalue weighted by molar-refractivity contribution is -0.384. The minimum Gasteiger partial charge on any atom is -0.350 e. The first-order chi connectivity index (χ1) is 8.49. The fourth-order valence-corrected chi connectivity index (χ4v) is 1.14. The van der Waals surface area contributed by atoms with Crippen LogP contribution in [-0.2, 0) is 0 Å². The first-order valence-electron chi connectivity index (χ1n) is 5.01. The van der Waals surface area contributed by atoms with Gasteiger partial charge in [-0.1, -0.05) is 18.2 Å². The predicted octanol–water partition coefficient (Wildman–Crippen LogP) is 1.65. The number of primary amides is 1. The summed E-state index contributed by atoms with van der Waals surface area (Å²) in [6.07, 6.45) is 3.25. The maximum atomic E-state index is 10.6. The molecule has 0 spiro atoms. The summed E-state index contributed by atoms with van der Waals surface area (Å²) in [4.78, 5) is 20.5. The third kappa shape index (κ3) is 4.44. The third-order valence-electron chi connectivity index (χ3n) is 1.94. The summed E-state index contributed by atoms with van der Waals surface area (Å²) < 4.78 is 0. The number of allylic oxidation sites excluding steroid dienone is 1. The molecule has 0 saturated heterocycles. The number of hydrazone groups is 1. The second-order valence-corrected chi connectivity index (χ2v) is 3.41. The molecular weight excluding hydrogens is 236 g/mol. The first-order valence-corrected chi connectivity index (χ1v) is 5.01. The Bertz CT molecular complexity index is 523. The van der Waals surface area contributed by atoms with Crippen molar-refractivity contribution in [1.29, 1.82) is 0 Å². The highest BCUT2D eigenvalue weighted by molar-refractivity contribution is 5.96. The Balaban J connectivity index is 2.78. The molecular formula is C11H12N4O3. The van der Waals surface area contributed by atoms with E-state index in [0.29, 0.717) is 11.3 Å². The summed E-state index contributed by atoms with van der Waals surface area (Å²) in [5.41, 5.74) is 8.12. The number of nitrogens with two attached hydrogens (primary N) is 1. The van der Waals surface area contributed by atoms with Gasteiger partial charge in [-0.15, -0.1) is 0 Å². The molecule has 1 aromatic rings. The van der Waals surface area contributed by atoms with Gasteiger partial charge in [0.25, 0.3) is 5.69 Å². The number of carbonyl (C=O) groups is 1. The second kappa shape index (κ2) is 6.14. The van der Waals surface area contributed by atoms with Crippen molar-refractivity contribution in [1.82, 2.24) is 5.43 Å². The molecule has 0 atom stereocenters. The van der Waals surface area contributed by atoms with Gasteiger partial charge in [-0.3, -0.25) is 10.1 Å². The van der Waals surface area contributed by atoms with E-state index in [1.807, 2.05) is 0 Å². The third-order valence-corrected chi connectivity index (χ3v) is 1.94.